The number of nitrogens with zero attached hydrogens (tertiary/aromatic N) is 2. The summed E-state index contributed by atoms with van der Waals surface area (Å²) in [6.07, 6.45) is 2.88. The van der Waals surface area contributed by atoms with Gasteiger partial charge in [-0.1, -0.05) is 43.3 Å². The minimum absolute atomic E-state index is 0.131. The standard InChI is InChI=1S/C17H19N3/c1-2-11-20-16(9-10-19-20)17(18)15-8-7-13-5-3-4-6-14(13)12-15/h3-10,12,17H,2,11,18H2,1H3. The van der Waals surface area contributed by atoms with Gasteiger partial charge in [-0.2, -0.15) is 5.10 Å². The summed E-state index contributed by atoms with van der Waals surface area (Å²) >= 11 is 0. The minimum atomic E-state index is -0.131. The molecule has 0 fully saturated rings. The van der Waals surface area contributed by atoms with Crippen LogP contribution in [-0.4, -0.2) is 9.78 Å². The number of hydrogen-bond acceptors (Lipinski definition) is 2. The Morgan fingerprint density at radius 1 is 1.10 bits per heavy atom. The molecule has 3 rings (SSSR count). The van der Waals surface area contributed by atoms with E-state index >= 15 is 0 Å². The van der Waals surface area contributed by atoms with Crippen molar-refractivity contribution in [3.8, 4) is 0 Å². The molecule has 0 aliphatic heterocycles. The van der Waals surface area contributed by atoms with Crippen LogP contribution in [0.25, 0.3) is 10.8 Å². The number of benzene rings is 2. The van der Waals surface area contributed by atoms with Gasteiger partial charge in [-0.25, -0.2) is 0 Å². The molecule has 2 N–H and O–H groups in total. The molecule has 3 aromatic rings. The molecule has 0 radical (unpaired) electrons. The topological polar surface area (TPSA) is 43.8 Å². The zero-order chi connectivity index (χ0) is 13.9. The first-order valence-corrected chi connectivity index (χ1v) is 7.05. The molecule has 0 aliphatic rings. The Hall–Kier alpha value is -2.13. The molecule has 2 aromatic carbocycles. The smallest absolute Gasteiger partial charge is 0.0723 e. The third-order valence-corrected chi connectivity index (χ3v) is 3.64. The van der Waals surface area contributed by atoms with Crippen molar-refractivity contribution in [2.24, 2.45) is 5.73 Å². The number of fused-ring (bicyclic) bond motifs is 1. The zero-order valence-corrected chi connectivity index (χ0v) is 11.7. The molecule has 3 heteroatoms. The van der Waals surface area contributed by atoms with E-state index in [1.807, 2.05) is 16.9 Å². The predicted octanol–water partition coefficient (Wildman–Crippen LogP) is 3.49. The molecule has 20 heavy (non-hydrogen) atoms. The molecule has 102 valence electrons. The highest BCUT2D eigenvalue weighted by Crippen LogP contribution is 2.23. The molecule has 0 bridgehead atoms. The third kappa shape index (κ3) is 2.32. The molecular weight excluding hydrogens is 246 g/mol. The fourth-order valence-electron chi connectivity index (χ4n) is 2.58. The zero-order valence-electron chi connectivity index (χ0n) is 11.7. The van der Waals surface area contributed by atoms with Gasteiger partial charge in [0.25, 0.3) is 0 Å². The lowest BCUT2D eigenvalue weighted by Crippen LogP contribution is -2.17. The number of nitrogens with two attached hydrogens (primary N) is 1. The first-order chi connectivity index (χ1) is 9.79. The highest BCUT2D eigenvalue weighted by atomic mass is 15.3. The summed E-state index contributed by atoms with van der Waals surface area (Å²) in [4.78, 5) is 0. The monoisotopic (exact) mass is 265 g/mol. The molecule has 1 heterocycles. The van der Waals surface area contributed by atoms with Gasteiger partial charge in [0.2, 0.25) is 0 Å². The summed E-state index contributed by atoms with van der Waals surface area (Å²) in [5, 5.41) is 6.82. The van der Waals surface area contributed by atoms with E-state index in [2.05, 4.69) is 54.5 Å². The summed E-state index contributed by atoms with van der Waals surface area (Å²) in [5.74, 6) is 0. The average Bonchev–Trinajstić information content (AvgIpc) is 2.94. The molecule has 1 unspecified atom stereocenters. The second kappa shape index (κ2) is 5.47. The molecule has 0 aliphatic carbocycles. The van der Waals surface area contributed by atoms with Crippen LogP contribution < -0.4 is 5.73 Å². The summed E-state index contributed by atoms with van der Waals surface area (Å²) < 4.78 is 2.00. The quantitative estimate of drug-likeness (QED) is 0.784. The van der Waals surface area contributed by atoms with Gasteiger partial charge in [0.15, 0.2) is 0 Å². The van der Waals surface area contributed by atoms with Crippen molar-refractivity contribution >= 4 is 10.8 Å². The van der Waals surface area contributed by atoms with Gasteiger partial charge in [0.1, 0.15) is 0 Å². The Kier molecular flexibility index (Phi) is 3.52. The van der Waals surface area contributed by atoms with Crippen LogP contribution in [0.1, 0.15) is 30.6 Å². The van der Waals surface area contributed by atoms with E-state index in [-0.39, 0.29) is 6.04 Å². The Morgan fingerprint density at radius 2 is 1.90 bits per heavy atom. The van der Waals surface area contributed by atoms with Gasteiger partial charge in [-0.3, -0.25) is 4.68 Å². The summed E-state index contributed by atoms with van der Waals surface area (Å²) in [6.45, 7) is 3.05. The summed E-state index contributed by atoms with van der Waals surface area (Å²) in [5.41, 5.74) is 8.62. The van der Waals surface area contributed by atoms with Crippen LogP contribution in [-0.2, 0) is 6.54 Å². The molecule has 0 amide bonds. The predicted molar refractivity (Wildman–Crippen MR) is 82.5 cm³/mol. The van der Waals surface area contributed by atoms with Crippen molar-refractivity contribution in [3.63, 3.8) is 0 Å². The first kappa shape index (κ1) is 12.9. The molecule has 1 atom stereocenters. The van der Waals surface area contributed by atoms with Crippen LogP contribution in [0.2, 0.25) is 0 Å². The maximum atomic E-state index is 6.42. The van der Waals surface area contributed by atoms with Crippen molar-refractivity contribution in [3.05, 3.63) is 66.0 Å². The number of aryl methyl sites for hydroxylation is 1. The highest BCUT2D eigenvalue weighted by Gasteiger charge is 2.13. The lowest BCUT2D eigenvalue weighted by Gasteiger charge is -2.15. The van der Waals surface area contributed by atoms with Crippen LogP contribution in [0, 0.1) is 0 Å². The van der Waals surface area contributed by atoms with E-state index in [9.17, 15) is 0 Å². The molecule has 0 spiro atoms. The SMILES string of the molecule is CCCn1nccc1C(N)c1ccc2ccccc2c1. The number of aromatic nitrogens is 2. The lowest BCUT2D eigenvalue weighted by molar-refractivity contribution is 0.560. The average molecular weight is 265 g/mol. The van der Waals surface area contributed by atoms with E-state index in [1.165, 1.54) is 10.8 Å². The third-order valence-electron chi connectivity index (χ3n) is 3.64. The van der Waals surface area contributed by atoms with Crippen LogP contribution in [0.15, 0.2) is 54.7 Å². The fraction of sp³-hybridized carbons (Fsp3) is 0.235. The second-order valence-corrected chi connectivity index (χ2v) is 5.06. The van der Waals surface area contributed by atoms with E-state index in [1.54, 1.807) is 0 Å². The van der Waals surface area contributed by atoms with E-state index < -0.39 is 0 Å². The molecule has 1 aromatic heterocycles. The van der Waals surface area contributed by atoms with E-state index in [0.29, 0.717) is 0 Å². The largest absolute Gasteiger partial charge is 0.319 e. The maximum Gasteiger partial charge on any atom is 0.0723 e. The molecule has 0 saturated heterocycles. The van der Waals surface area contributed by atoms with Crippen molar-refractivity contribution in [1.29, 1.82) is 0 Å². The Labute approximate surface area is 119 Å². The molecule has 0 saturated carbocycles. The van der Waals surface area contributed by atoms with Crippen molar-refractivity contribution in [2.75, 3.05) is 0 Å². The fourth-order valence-corrected chi connectivity index (χ4v) is 2.58. The first-order valence-electron chi connectivity index (χ1n) is 7.05. The maximum absolute atomic E-state index is 6.42. The summed E-state index contributed by atoms with van der Waals surface area (Å²) in [6, 6.07) is 16.6. The second-order valence-electron chi connectivity index (χ2n) is 5.06. The van der Waals surface area contributed by atoms with Crippen molar-refractivity contribution in [2.45, 2.75) is 25.9 Å². The minimum Gasteiger partial charge on any atom is -0.319 e. The van der Waals surface area contributed by atoms with Gasteiger partial charge in [0, 0.05) is 12.7 Å². The summed E-state index contributed by atoms with van der Waals surface area (Å²) in [7, 11) is 0. The number of hydrogen-bond donors (Lipinski definition) is 1. The van der Waals surface area contributed by atoms with Crippen LogP contribution in [0.5, 0.6) is 0 Å². The van der Waals surface area contributed by atoms with Gasteiger partial charge in [0.05, 0.1) is 11.7 Å². The van der Waals surface area contributed by atoms with Crippen molar-refractivity contribution in [1.82, 2.24) is 9.78 Å². The molecular formula is C17H19N3. The van der Waals surface area contributed by atoms with Crippen LogP contribution in [0.4, 0.5) is 0 Å². The van der Waals surface area contributed by atoms with E-state index in [4.69, 9.17) is 5.73 Å². The van der Waals surface area contributed by atoms with E-state index in [0.717, 1.165) is 24.2 Å². The normalized spacial score (nSPS) is 12.7. The highest BCUT2D eigenvalue weighted by molar-refractivity contribution is 5.83. The lowest BCUT2D eigenvalue weighted by atomic mass is 10.0. The number of rotatable bonds is 4. The molecule has 3 nitrogen and oxygen atoms in total. The Bertz CT molecular complexity index is 715. The van der Waals surface area contributed by atoms with Gasteiger partial charge < -0.3 is 5.73 Å². The van der Waals surface area contributed by atoms with Crippen molar-refractivity contribution < 1.29 is 0 Å². The van der Waals surface area contributed by atoms with Crippen LogP contribution in [0.3, 0.4) is 0 Å². The van der Waals surface area contributed by atoms with Gasteiger partial charge in [-0.15, -0.1) is 0 Å². The Morgan fingerprint density at radius 3 is 2.70 bits per heavy atom. The van der Waals surface area contributed by atoms with Gasteiger partial charge in [-0.05, 0) is 34.9 Å². The van der Waals surface area contributed by atoms with Gasteiger partial charge >= 0.3 is 0 Å². The Balaban J connectivity index is 1.99. The van der Waals surface area contributed by atoms with Crippen LogP contribution >= 0.6 is 0 Å².